The molecule has 5 nitrogen and oxygen atoms in total. The normalized spacial score (nSPS) is 10.9. The van der Waals surface area contributed by atoms with Crippen molar-refractivity contribution in [3.8, 4) is 0 Å². The van der Waals surface area contributed by atoms with E-state index >= 15 is 0 Å². The fraction of sp³-hybridized carbons (Fsp3) is 0. The predicted molar refractivity (Wildman–Crippen MR) is 76.6 cm³/mol. The van der Waals surface area contributed by atoms with Crippen LogP contribution < -0.4 is 26.9 Å². The molecule has 0 atom stereocenters. The molecule has 0 fully saturated rings. The number of fused-ring (bicyclic) bond motifs is 1. The van der Waals surface area contributed by atoms with Crippen LogP contribution >= 0.6 is 0 Å². The molecule has 0 aliphatic rings. The molecule has 3 rings (SSSR count). The van der Waals surface area contributed by atoms with Gasteiger partial charge in [0, 0.05) is 0 Å². The molecule has 21 heavy (non-hydrogen) atoms. The zero-order valence-corrected chi connectivity index (χ0v) is 13.0. The van der Waals surface area contributed by atoms with Crippen LogP contribution in [-0.4, -0.2) is 9.91 Å². The van der Waals surface area contributed by atoms with Crippen LogP contribution in [0.15, 0.2) is 54.7 Å². The number of nitro groups is 1. The topological polar surface area (TPSA) is 82.0 Å². The van der Waals surface area contributed by atoms with Gasteiger partial charge in [-0.25, -0.2) is 0 Å². The van der Waals surface area contributed by atoms with E-state index in [0.29, 0.717) is 11.2 Å². The number of anilines is 1. The van der Waals surface area contributed by atoms with Gasteiger partial charge < -0.3 is 0 Å². The van der Waals surface area contributed by atoms with Gasteiger partial charge >= 0.3 is 131 Å². The van der Waals surface area contributed by atoms with Crippen molar-refractivity contribution < 1.29 is 26.1 Å². The number of halogens is 1. The van der Waals surface area contributed by atoms with Crippen molar-refractivity contribution in [3.63, 3.8) is 0 Å². The van der Waals surface area contributed by atoms with Crippen LogP contribution in [0.1, 0.15) is 0 Å². The Labute approximate surface area is 131 Å². The molecule has 0 radical (unpaired) electrons. The SMILES string of the molecule is Nc1cc([I-]c2ccc([N+](=O)[O-])c3ccccc23)ccn1. The Morgan fingerprint density at radius 3 is 2.57 bits per heavy atom. The molecule has 106 valence electrons. The third-order valence-electron chi connectivity index (χ3n) is 3.00. The molecule has 0 amide bonds. The first-order valence-electron chi connectivity index (χ1n) is 6.17. The molecule has 0 saturated carbocycles. The number of aromatic nitrogens is 1. The molecule has 2 N–H and O–H groups in total. The summed E-state index contributed by atoms with van der Waals surface area (Å²) in [6.45, 7) is 0. The second-order valence-corrected chi connectivity index (χ2v) is 7.31. The van der Waals surface area contributed by atoms with E-state index in [1.54, 1.807) is 18.3 Å². The van der Waals surface area contributed by atoms with Gasteiger partial charge in [-0.2, -0.15) is 0 Å². The van der Waals surface area contributed by atoms with E-state index in [-0.39, 0.29) is 10.6 Å². The molecular formula is C15H11IN3O2-. The van der Waals surface area contributed by atoms with Crippen LogP contribution in [-0.2, 0) is 0 Å². The number of nitrogen functional groups attached to an aromatic ring is 1. The number of non-ortho nitro benzene ring substituents is 1. The number of hydrogen-bond donors (Lipinski definition) is 1. The average molecular weight is 392 g/mol. The van der Waals surface area contributed by atoms with E-state index in [9.17, 15) is 10.1 Å². The van der Waals surface area contributed by atoms with Crippen LogP contribution in [0.4, 0.5) is 11.5 Å². The van der Waals surface area contributed by atoms with Crippen molar-refractivity contribution in [2.24, 2.45) is 0 Å². The van der Waals surface area contributed by atoms with Crippen LogP contribution in [0, 0.1) is 17.3 Å². The second kappa shape index (κ2) is 5.65. The van der Waals surface area contributed by atoms with Crippen molar-refractivity contribution >= 4 is 22.3 Å². The van der Waals surface area contributed by atoms with Crippen molar-refractivity contribution in [2.45, 2.75) is 0 Å². The van der Waals surface area contributed by atoms with Crippen molar-refractivity contribution in [1.29, 1.82) is 0 Å². The van der Waals surface area contributed by atoms with Crippen LogP contribution in [0.2, 0.25) is 0 Å². The molecule has 1 heterocycles. The van der Waals surface area contributed by atoms with E-state index in [1.807, 2.05) is 36.4 Å². The quantitative estimate of drug-likeness (QED) is 0.382. The van der Waals surface area contributed by atoms with Crippen molar-refractivity contribution in [2.75, 3.05) is 5.73 Å². The monoisotopic (exact) mass is 392 g/mol. The van der Waals surface area contributed by atoms with Gasteiger partial charge in [0.15, 0.2) is 0 Å². The number of hydrogen-bond acceptors (Lipinski definition) is 4. The van der Waals surface area contributed by atoms with Crippen molar-refractivity contribution in [1.82, 2.24) is 4.98 Å². The Morgan fingerprint density at radius 2 is 1.86 bits per heavy atom. The van der Waals surface area contributed by atoms with Crippen molar-refractivity contribution in [3.05, 3.63) is 72.0 Å². The van der Waals surface area contributed by atoms with Crippen LogP contribution in [0.25, 0.3) is 10.8 Å². The molecular weight excluding hydrogens is 381 g/mol. The summed E-state index contributed by atoms with van der Waals surface area (Å²) < 4.78 is 2.28. The van der Waals surface area contributed by atoms with E-state index in [1.165, 1.54) is 0 Å². The van der Waals surface area contributed by atoms with Crippen LogP contribution in [0.3, 0.4) is 0 Å². The van der Waals surface area contributed by atoms with E-state index in [2.05, 4.69) is 4.98 Å². The van der Waals surface area contributed by atoms with Gasteiger partial charge in [-0.05, 0) is 0 Å². The molecule has 0 aliphatic carbocycles. The van der Waals surface area contributed by atoms with E-state index in [4.69, 9.17) is 5.73 Å². The number of benzene rings is 2. The van der Waals surface area contributed by atoms with Gasteiger partial charge in [0.05, 0.1) is 0 Å². The standard InChI is InChI=1S/C15H11IN3O2/c17-15-9-10(7-8-18-15)16-13-5-6-14(19(20)21)12-4-2-1-3-11(12)13/h1-9H,(H2,17,18)/q-1. The number of pyridine rings is 1. The molecule has 2 aromatic carbocycles. The van der Waals surface area contributed by atoms with Gasteiger partial charge in [-0.3, -0.25) is 0 Å². The van der Waals surface area contributed by atoms with Crippen LogP contribution in [0.5, 0.6) is 0 Å². The zero-order valence-electron chi connectivity index (χ0n) is 10.9. The molecule has 3 aromatic rings. The summed E-state index contributed by atoms with van der Waals surface area (Å²) in [5.41, 5.74) is 5.85. The van der Waals surface area contributed by atoms with Gasteiger partial charge in [0.25, 0.3) is 0 Å². The first-order chi connectivity index (χ1) is 10.1. The Morgan fingerprint density at radius 1 is 1.10 bits per heavy atom. The summed E-state index contributed by atoms with van der Waals surface area (Å²) in [6, 6.07) is 14.7. The molecule has 0 aliphatic heterocycles. The third kappa shape index (κ3) is 2.80. The number of nitro benzene ring substituents is 1. The molecule has 0 unspecified atom stereocenters. The third-order valence-corrected chi connectivity index (χ3v) is 5.81. The second-order valence-electron chi connectivity index (χ2n) is 4.36. The molecule has 0 spiro atoms. The fourth-order valence-corrected chi connectivity index (χ4v) is 4.69. The summed E-state index contributed by atoms with van der Waals surface area (Å²) >= 11 is -0.465. The Balaban J connectivity index is 2.12. The predicted octanol–water partition coefficient (Wildman–Crippen LogP) is -0.146. The molecule has 0 bridgehead atoms. The van der Waals surface area contributed by atoms with E-state index in [0.717, 1.165) is 12.5 Å². The Kier molecular flexibility index (Phi) is 3.70. The van der Waals surface area contributed by atoms with E-state index < -0.39 is 21.2 Å². The first-order valence-corrected chi connectivity index (χ1v) is 8.33. The summed E-state index contributed by atoms with van der Waals surface area (Å²) in [7, 11) is 0. The van der Waals surface area contributed by atoms with Gasteiger partial charge in [0.2, 0.25) is 0 Å². The molecule has 1 aromatic heterocycles. The minimum atomic E-state index is -0.465. The number of rotatable bonds is 3. The summed E-state index contributed by atoms with van der Waals surface area (Å²) in [4.78, 5) is 14.8. The number of nitrogens with two attached hydrogens (primary N) is 1. The first kappa shape index (κ1) is 13.7. The average Bonchev–Trinajstić information content (AvgIpc) is 2.47. The maximum atomic E-state index is 11.1. The summed E-state index contributed by atoms with van der Waals surface area (Å²) in [5.74, 6) is 0.499. The Bertz CT molecular complexity index is 836. The molecule has 0 saturated heterocycles. The van der Waals surface area contributed by atoms with Gasteiger partial charge in [0.1, 0.15) is 0 Å². The summed E-state index contributed by atoms with van der Waals surface area (Å²) in [5, 5.41) is 12.7. The van der Waals surface area contributed by atoms with Gasteiger partial charge in [-0.15, -0.1) is 0 Å². The maximum absolute atomic E-state index is 11.1. The minimum absolute atomic E-state index is 0.146. The Hall–Kier alpha value is -2.22. The van der Waals surface area contributed by atoms with Gasteiger partial charge in [-0.1, -0.05) is 0 Å². The zero-order chi connectivity index (χ0) is 14.8. The molecule has 6 heteroatoms. The number of nitrogens with zero attached hydrogens (tertiary/aromatic N) is 2. The fourth-order valence-electron chi connectivity index (χ4n) is 2.09. The summed E-state index contributed by atoms with van der Waals surface area (Å²) in [6.07, 6.45) is 1.69.